The van der Waals surface area contributed by atoms with E-state index in [1.165, 1.54) is 4.90 Å². The fourth-order valence-corrected chi connectivity index (χ4v) is 2.20. The summed E-state index contributed by atoms with van der Waals surface area (Å²) in [6, 6.07) is 0. The average Bonchev–Trinajstić information content (AvgIpc) is 2.75. The molecule has 0 spiro atoms. The number of rotatable bonds is 4. The molecule has 0 radical (unpaired) electrons. The Labute approximate surface area is 95.1 Å². The highest BCUT2D eigenvalue weighted by Crippen LogP contribution is 2.17. The van der Waals surface area contributed by atoms with E-state index in [0.29, 0.717) is 12.6 Å². The number of hydrogen-bond donors (Lipinski definition) is 1. The number of imide groups is 1. The van der Waals surface area contributed by atoms with Crippen LogP contribution in [0.15, 0.2) is 0 Å². The number of hydrogen-bond acceptors (Lipinski definition) is 4. The first-order valence-corrected chi connectivity index (χ1v) is 5.93. The normalized spacial score (nSPS) is 26.5. The number of carbonyl (C=O) groups is 2. The van der Waals surface area contributed by atoms with Gasteiger partial charge >= 0.3 is 0 Å². The van der Waals surface area contributed by atoms with E-state index in [4.69, 9.17) is 4.74 Å². The number of nitrogens with zero attached hydrogens (tertiary/aromatic N) is 1. The van der Waals surface area contributed by atoms with Gasteiger partial charge in [-0.25, -0.2) is 0 Å². The number of carbonyl (C=O) groups excluding carboxylic acids is 2. The lowest BCUT2D eigenvalue weighted by molar-refractivity contribution is -0.146. The van der Waals surface area contributed by atoms with Gasteiger partial charge in [-0.2, -0.15) is 0 Å². The maximum atomic E-state index is 11.4. The smallest absolute Gasteiger partial charge is 0.243 e. The Hall–Kier alpha value is -0.940. The van der Waals surface area contributed by atoms with Crippen LogP contribution in [0.3, 0.4) is 0 Å². The van der Waals surface area contributed by atoms with E-state index in [9.17, 15) is 9.59 Å². The second-order valence-electron chi connectivity index (χ2n) is 4.32. The van der Waals surface area contributed by atoms with Gasteiger partial charge in [0.25, 0.3) is 0 Å². The summed E-state index contributed by atoms with van der Waals surface area (Å²) in [6.07, 6.45) is 4.39. The molecule has 0 aromatic rings. The number of piperazine rings is 1. The van der Waals surface area contributed by atoms with Crippen LogP contribution in [0.1, 0.15) is 25.7 Å². The maximum Gasteiger partial charge on any atom is 0.243 e. The van der Waals surface area contributed by atoms with E-state index >= 15 is 0 Å². The fraction of sp³-hybridized carbons (Fsp3) is 0.818. The van der Waals surface area contributed by atoms with Gasteiger partial charge in [-0.15, -0.1) is 0 Å². The van der Waals surface area contributed by atoms with Crippen molar-refractivity contribution in [1.29, 1.82) is 0 Å². The molecule has 2 aliphatic rings. The number of amides is 2. The van der Waals surface area contributed by atoms with Crippen LogP contribution in [0.25, 0.3) is 0 Å². The second kappa shape index (κ2) is 5.41. The van der Waals surface area contributed by atoms with Crippen molar-refractivity contribution in [3.8, 4) is 0 Å². The molecule has 0 aromatic heterocycles. The standard InChI is InChI=1S/C11H18N2O3/c14-10-7-12-8-11(15)13(10)5-1-3-9-4-2-6-16-9/h9,12H,1-8H2. The van der Waals surface area contributed by atoms with Crippen LogP contribution in [-0.2, 0) is 14.3 Å². The van der Waals surface area contributed by atoms with Crippen molar-refractivity contribution in [2.75, 3.05) is 26.2 Å². The maximum absolute atomic E-state index is 11.4. The highest BCUT2D eigenvalue weighted by molar-refractivity contribution is 5.99. The molecule has 0 saturated carbocycles. The van der Waals surface area contributed by atoms with Crippen molar-refractivity contribution in [2.45, 2.75) is 31.8 Å². The molecule has 16 heavy (non-hydrogen) atoms. The summed E-state index contributed by atoms with van der Waals surface area (Å²) in [5.41, 5.74) is 0. The van der Waals surface area contributed by atoms with E-state index in [1.807, 2.05) is 0 Å². The quantitative estimate of drug-likeness (QED) is 0.680. The Morgan fingerprint density at radius 1 is 1.31 bits per heavy atom. The molecule has 2 amide bonds. The van der Waals surface area contributed by atoms with Crippen LogP contribution in [0.4, 0.5) is 0 Å². The Morgan fingerprint density at radius 2 is 2.06 bits per heavy atom. The van der Waals surface area contributed by atoms with Gasteiger partial charge in [0.2, 0.25) is 11.8 Å². The molecule has 5 nitrogen and oxygen atoms in total. The topological polar surface area (TPSA) is 58.6 Å². The summed E-state index contributed by atoms with van der Waals surface area (Å²) in [6.45, 7) is 1.96. The Bertz CT molecular complexity index is 258. The molecule has 1 N–H and O–H groups in total. The first-order chi connectivity index (χ1) is 7.77. The van der Waals surface area contributed by atoms with Crippen LogP contribution >= 0.6 is 0 Å². The second-order valence-corrected chi connectivity index (χ2v) is 4.32. The van der Waals surface area contributed by atoms with Gasteiger partial charge in [0, 0.05) is 13.2 Å². The van der Waals surface area contributed by atoms with Gasteiger partial charge in [0.1, 0.15) is 0 Å². The summed E-state index contributed by atoms with van der Waals surface area (Å²) in [4.78, 5) is 24.3. The largest absolute Gasteiger partial charge is 0.378 e. The molecule has 5 heteroatoms. The zero-order chi connectivity index (χ0) is 11.4. The lowest BCUT2D eigenvalue weighted by Crippen LogP contribution is -2.52. The van der Waals surface area contributed by atoms with Crippen LogP contribution in [0, 0.1) is 0 Å². The lowest BCUT2D eigenvalue weighted by atomic mass is 10.1. The van der Waals surface area contributed by atoms with E-state index in [-0.39, 0.29) is 24.9 Å². The molecule has 2 saturated heterocycles. The zero-order valence-electron chi connectivity index (χ0n) is 9.41. The molecule has 0 aliphatic carbocycles. The van der Waals surface area contributed by atoms with Gasteiger partial charge in [-0.1, -0.05) is 0 Å². The fourth-order valence-electron chi connectivity index (χ4n) is 2.20. The number of ether oxygens (including phenoxy) is 1. The van der Waals surface area contributed by atoms with Gasteiger partial charge in [0.15, 0.2) is 0 Å². The molecule has 2 aliphatic heterocycles. The first-order valence-electron chi connectivity index (χ1n) is 5.93. The minimum absolute atomic E-state index is 0.108. The monoisotopic (exact) mass is 226 g/mol. The average molecular weight is 226 g/mol. The Morgan fingerprint density at radius 3 is 2.69 bits per heavy atom. The predicted octanol–water partition coefficient (Wildman–Crippen LogP) is -0.0960. The molecular weight excluding hydrogens is 208 g/mol. The molecule has 90 valence electrons. The van der Waals surface area contributed by atoms with Crippen molar-refractivity contribution in [3.05, 3.63) is 0 Å². The van der Waals surface area contributed by atoms with Crippen LogP contribution in [0.5, 0.6) is 0 Å². The van der Waals surface area contributed by atoms with E-state index in [1.54, 1.807) is 0 Å². The zero-order valence-corrected chi connectivity index (χ0v) is 9.41. The van der Waals surface area contributed by atoms with Crippen molar-refractivity contribution < 1.29 is 14.3 Å². The molecular formula is C11H18N2O3. The highest BCUT2D eigenvalue weighted by atomic mass is 16.5. The third-order valence-electron chi connectivity index (χ3n) is 3.09. The summed E-state index contributed by atoms with van der Waals surface area (Å²) in [5, 5.41) is 2.78. The van der Waals surface area contributed by atoms with Crippen molar-refractivity contribution >= 4 is 11.8 Å². The Kier molecular flexibility index (Phi) is 3.90. The summed E-state index contributed by atoms with van der Waals surface area (Å²) in [7, 11) is 0. The minimum Gasteiger partial charge on any atom is -0.378 e. The number of nitrogens with one attached hydrogen (secondary N) is 1. The SMILES string of the molecule is O=C1CNCC(=O)N1CCCC1CCCO1. The van der Waals surface area contributed by atoms with E-state index in [0.717, 1.165) is 32.3 Å². The summed E-state index contributed by atoms with van der Waals surface area (Å²) < 4.78 is 5.50. The van der Waals surface area contributed by atoms with Crippen LogP contribution in [-0.4, -0.2) is 49.1 Å². The summed E-state index contributed by atoms with van der Waals surface area (Å²) in [5.74, 6) is -0.216. The molecule has 0 aromatic carbocycles. The van der Waals surface area contributed by atoms with Crippen molar-refractivity contribution in [3.63, 3.8) is 0 Å². The molecule has 2 rings (SSSR count). The van der Waals surface area contributed by atoms with Crippen LogP contribution < -0.4 is 5.32 Å². The third kappa shape index (κ3) is 2.80. The lowest BCUT2D eigenvalue weighted by Gasteiger charge is -2.25. The summed E-state index contributed by atoms with van der Waals surface area (Å²) >= 11 is 0. The van der Waals surface area contributed by atoms with Crippen molar-refractivity contribution in [1.82, 2.24) is 10.2 Å². The minimum atomic E-state index is -0.108. The highest BCUT2D eigenvalue weighted by Gasteiger charge is 2.25. The molecule has 0 bridgehead atoms. The van der Waals surface area contributed by atoms with E-state index < -0.39 is 0 Å². The van der Waals surface area contributed by atoms with Gasteiger partial charge in [-0.05, 0) is 25.7 Å². The first kappa shape index (κ1) is 11.5. The van der Waals surface area contributed by atoms with Gasteiger partial charge in [0.05, 0.1) is 19.2 Å². The van der Waals surface area contributed by atoms with E-state index in [2.05, 4.69) is 5.32 Å². The van der Waals surface area contributed by atoms with Gasteiger partial charge < -0.3 is 4.74 Å². The van der Waals surface area contributed by atoms with Gasteiger partial charge in [-0.3, -0.25) is 19.8 Å². The molecule has 1 unspecified atom stereocenters. The molecule has 2 heterocycles. The van der Waals surface area contributed by atoms with Crippen molar-refractivity contribution in [2.24, 2.45) is 0 Å². The van der Waals surface area contributed by atoms with Crippen LogP contribution in [0.2, 0.25) is 0 Å². The third-order valence-corrected chi connectivity index (χ3v) is 3.09. The Balaban J connectivity index is 1.71. The molecule has 2 fully saturated rings. The predicted molar refractivity (Wildman–Crippen MR) is 57.8 cm³/mol. The molecule has 1 atom stereocenters.